The monoisotopic (exact) mass is 400 g/mol. The van der Waals surface area contributed by atoms with Crippen LogP contribution in [0.15, 0.2) is 24.3 Å². The highest BCUT2D eigenvalue weighted by atomic mass is 32.1. The molecule has 1 aromatic heterocycles. The highest BCUT2D eigenvalue weighted by Crippen LogP contribution is 2.34. The standard InChI is InChI=1S/C22H28N2O3S/c1-3-4-7-15-10-12-16(13-11-15)19-14(2)28-22(23-19)24-20(25)17-8-5-6-9-18(17)21(26)27/h10-13,17-18H,3-9H2,1-2H3,(H,26,27)(H,23,24,25)/t17-,18+/m1/s1. The number of hydrogen-bond donors (Lipinski definition) is 2. The summed E-state index contributed by atoms with van der Waals surface area (Å²) in [6, 6.07) is 8.45. The third kappa shape index (κ3) is 4.79. The van der Waals surface area contributed by atoms with Crippen LogP contribution in [0.1, 0.15) is 55.9 Å². The van der Waals surface area contributed by atoms with E-state index in [0.29, 0.717) is 18.0 Å². The van der Waals surface area contributed by atoms with Crippen molar-refractivity contribution in [1.82, 2.24) is 4.98 Å². The van der Waals surface area contributed by atoms with Crippen molar-refractivity contribution in [3.05, 3.63) is 34.7 Å². The quantitative estimate of drug-likeness (QED) is 0.662. The topological polar surface area (TPSA) is 79.3 Å². The maximum Gasteiger partial charge on any atom is 0.307 e. The zero-order chi connectivity index (χ0) is 20.1. The third-order valence-electron chi connectivity index (χ3n) is 5.49. The predicted octanol–water partition coefficient (Wildman–Crippen LogP) is 5.29. The van der Waals surface area contributed by atoms with Crippen LogP contribution in [-0.4, -0.2) is 22.0 Å². The summed E-state index contributed by atoms with van der Waals surface area (Å²) in [4.78, 5) is 29.8. The molecule has 0 spiro atoms. The number of hydrogen-bond acceptors (Lipinski definition) is 4. The molecule has 0 saturated heterocycles. The molecule has 0 aliphatic heterocycles. The molecule has 2 aromatic rings. The van der Waals surface area contributed by atoms with Gasteiger partial charge < -0.3 is 10.4 Å². The largest absolute Gasteiger partial charge is 0.481 e. The van der Waals surface area contributed by atoms with Crippen LogP contribution < -0.4 is 5.32 Å². The van der Waals surface area contributed by atoms with E-state index < -0.39 is 17.8 Å². The van der Waals surface area contributed by atoms with E-state index in [2.05, 4.69) is 41.5 Å². The molecule has 2 N–H and O–H groups in total. The van der Waals surface area contributed by atoms with Crippen molar-refractivity contribution < 1.29 is 14.7 Å². The summed E-state index contributed by atoms with van der Waals surface area (Å²) in [6.07, 6.45) is 6.41. The van der Waals surface area contributed by atoms with Crippen molar-refractivity contribution in [3.63, 3.8) is 0 Å². The van der Waals surface area contributed by atoms with Gasteiger partial charge in [-0.15, -0.1) is 11.3 Å². The van der Waals surface area contributed by atoms with Crippen molar-refractivity contribution >= 4 is 28.3 Å². The first kappa shape index (κ1) is 20.5. The first-order chi connectivity index (χ1) is 13.5. The number of aryl methyl sites for hydroxylation is 2. The van der Waals surface area contributed by atoms with Crippen LogP contribution >= 0.6 is 11.3 Å². The number of aromatic nitrogens is 1. The molecule has 6 heteroatoms. The third-order valence-corrected chi connectivity index (χ3v) is 6.38. The van der Waals surface area contributed by atoms with E-state index >= 15 is 0 Å². The van der Waals surface area contributed by atoms with Crippen LogP contribution in [-0.2, 0) is 16.0 Å². The number of amides is 1. The second-order valence-corrected chi connectivity index (χ2v) is 8.75. The Kier molecular flexibility index (Phi) is 6.83. The molecule has 1 fully saturated rings. The molecular formula is C22H28N2O3S. The van der Waals surface area contributed by atoms with E-state index in [1.165, 1.54) is 29.7 Å². The number of nitrogens with one attached hydrogen (secondary N) is 1. The van der Waals surface area contributed by atoms with Crippen molar-refractivity contribution in [2.75, 3.05) is 5.32 Å². The minimum absolute atomic E-state index is 0.220. The number of nitrogens with zero attached hydrogens (tertiary/aromatic N) is 1. The summed E-state index contributed by atoms with van der Waals surface area (Å²) < 4.78 is 0. The SMILES string of the molecule is CCCCc1ccc(-c2nc(NC(=O)[C@@H]3CCCC[C@@H]3C(=O)O)sc2C)cc1. The Labute approximate surface area is 170 Å². The molecule has 0 unspecified atom stereocenters. The van der Waals surface area contributed by atoms with Crippen LogP contribution in [0.4, 0.5) is 5.13 Å². The molecule has 1 aromatic carbocycles. The highest BCUT2D eigenvalue weighted by molar-refractivity contribution is 7.16. The summed E-state index contributed by atoms with van der Waals surface area (Å²) in [5.41, 5.74) is 3.24. The van der Waals surface area contributed by atoms with Gasteiger partial charge in [-0.3, -0.25) is 9.59 Å². The van der Waals surface area contributed by atoms with Gasteiger partial charge >= 0.3 is 5.97 Å². The number of anilines is 1. The van der Waals surface area contributed by atoms with Gasteiger partial charge in [0.25, 0.3) is 0 Å². The van der Waals surface area contributed by atoms with Gasteiger partial charge in [-0.1, -0.05) is 50.5 Å². The Morgan fingerprint density at radius 1 is 1.18 bits per heavy atom. The van der Waals surface area contributed by atoms with E-state index in [-0.39, 0.29) is 5.91 Å². The van der Waals surface area contributed by atoms with Crippen LogP contribution in [0, 0.1) is 18.8 Å². The average molecular weight is 401 g/mol. The smallest absolute Gasteiger partial charge is 0.307 e. The lowest BCUT2D eigenvalue weighted by Crippen LogP contribution is -2.36. The highest BCUT2D eigenvalue weighted by Gasteiger charge is 2.36. The molecular weight excluding hydrogens is 372 g/mol. The second kappa shape index (κ2) is 9.32. The zero-order valence-electron chi connectivity index (χ0n) is 16.5. The fourth-order valence-corrected chi connectivity index (χ4v) is 4.71. The number of aliphatic carboxylic acids is 1. The summed E-state index contributed by atoms with van der Waals surface area (Å²) in [5, 5.41) is 12.8. The number of carboxylic acid groups (broad SMARTS) is 1. The first-order valence-electron chi connectivity index (χ1n) is 10.1. The molecule has 1 saturated carbocycles. The summed E-state index contributed by atoms with van der Waals surface area (Å²) in [7, 11) is 0. The molecule has 2 atom stereocenters. The van der Waals surface area contributed by atoms with E-state index in [1.807, 2.05) is 6.92 Å². The fraction of sp³-hybridized carbons (Fsp3) is 0.500. The molecule has 0 radical (unpaired) electrons. The Balaban J connectivity index is 1.71. The number of carboxylic acids is 1. The molecule has 1 aliphatic rings. The minimum Gasteiger partial charge on any atom is -0.481 e. The van der Waals surface area contributed by atoms with Gasteiger partial charge in [0, 0.05) is 10.4 Å². The fourth-order valence-electron chi connectivity index (χ4n) is 3.87. The number of thiazole rings is 1. The number of rotatable bonds is 7. The average Bonchev–Trinajstić information content (AvgIpc) is 3.06. The van der Waals surface area contributed by atoms with Crippen molar-refractivity contribution in [3.8, 4) is 11.3 Å². The van der Waals surface area contributed by atoms with Gasteiger partial charge in [-0.2, -0.15) is 0 Å². The Morgan fingerprint density at radius 3 is 2.50 bits per heavy atom. The van der Waals surface area contributed by atoms with Gasteiger partial charge in [0.2, 0.25) is 5.91 Å². The molecule has 1 heterocycles. The van der Waals surface area contributed by atoms with Gasteiger partial charge in [-0.05, 0) is 38.2 Å². The molecule has 5 nitrogen and oxygen atoms in total. The Hall–Kier alpha value is -2.21. The normalized spacial score (nSPS) is 19.4. The van der Waals surface area contributed by atoms with Crippen LogP contribution in [0.5, 0.6) is 0 Å². The van der Waals surface area contributed by atoms with Gasteiger partial charge in [0.15, 0.2) is 5.13 Å². The van der Waals surface area contributed by atoms with Crippen LogP contribution in [0.2, 0.25) is 0 Å². The molecule has 1 amide bonds. The van der Waals surface area contributed by atoms with E-state index in [4.69, 9.17) is 0 Å². The summed E-state index contributed by atoms with van der Waals surface area (Å²) in [5.74, 6) is -2.16. The van der Waals surface area contributed by atoms with Crippen molar-refractivity contribution in [2.24, 2.45) is 11.8 Å². The summed E-state index contributed by atoms with van der Waals surface area (Å²) >= 11 is 1.44. The van der Waals surface area contributed by atoms with E-state index in [9.17, 15) is 14.7 Å². The number of carbonyl (C=O) groups excluding carboxylic acids is 1. The van der Waals surface area contributed by atoms with E-state index in [0.717, 1.165) is 35.4 Å². The predicted molar refractivity (Wildman–Crippen MR) is 113 cm³/mol. The lowest BCUT2D eigenvalue weighted by Gasteiger charge is -2.26. The second-order valence-electron chi connectivity index (χ2n) is 7.55. The zero-order valence-corrected chi connectivity index (χ0v) is 17.3. The lowest BCUT2D eigenvalue weighted by atomic mass is 9.79. The molecule has 150 valence electrons. The Morgan fingerprint density at radius 2 is 1.86 bits per heavy atom. The molecule has 28 heavy (non-hydrogen) atoms. The molecule has 0 bridgehead atoms. The Bertz CT molecular complexity index is 829. The van der Waals surface area contributed by atoms with E-state index in [1.54, 1.807) is 0 Å². The van der Waals surface area contributed by atoms with Crippen LogP contribution in [0.25, 0.3) is 11.3 Å². The molecule has 1 aliphatic carbocycles. The summed E-state index contributed by atoms with van der Waals surface area (Å²) in [6.45, 7) is 4.18. The van der Waals surface area contributed by atoms with Gasteiger partial charge in [0.05, 0.1) is 17.5 Å². The van der Waals surface area contributed by atoms with Crippen LogP contribution in [0.3, 0.4) is 0 Å². The maximum atomic E-state index is 12.7. The van der Waals surface area contributed by atoms with Gasteiger partial charge in [-0.25, -0.2) is 4.98 Å². The lowest BCUT2D eigenvalue weighted by molar-refractivity contribution is -0.147. The number of carbonyl (C=O) groups is 2. The first-order valence-corrected chi connectivity index (χ1v) is 10.9. The van der Waals surface area contributed by atoms with Gasteiger partial charge in [0.1, 0.15) is 0 Å². The number of unbranched alkanes of at least 4 members (excludes halogenated alkanes) is 1. The molecule has 3 rings (SSSR count). The van der Waals surface area contributed by atoms with Crippen molar-refractivity contribution in [2.45, 2.75) is 58.8 Å². The minimum atomic E-state index is -0.876. The van der Waals surface area contributed by atoms with Crippen molar-refractivity contribution in [1.29, 1.82) is 0 Å². The number of benzene rings is 1. The maximum absolute atomic E-state index is 12.7.